The van der Waals surface area contributed by atoms with E-state index in [1.807, 2.05) is 56.3 Å². The summed E-state index contributed by atoms with van der Waals surface area (Å²) in [5, 5.41) is 28.6. The lowest BCUT2D eigenvalue weighted by Crippen LogP contribution is -2.07. The molecule has 0 spiro atoms. The van der Waals surface area contributed by atoms with Crippen LogP contribution in [0.3, 0.4) is 0 Å². The highest BCUT2D eigenvalue weighted by Gasteiger charge is 2.23. The van der Waals surface area contributed by atoms with Crippen molar-refractivity contribution >= 4 is 27.6 Å². The van der Waals surface area contributed by atoms with Gasteiger partial charge in [0.05, 0.1) is 11.9 Å². The van der Waals surface area contributed by atoms with E-state index in [-0.39, 0.29) is 23.8 Å². The third kappa shape index (κ3) is 3.44. The zero-order chi connectivity index (χ0) is 24.0. The number of benzene rings is 3. The van der Waals surface area contributed by atoms with Crippen LogP contribution in [0.15, 0.2) is 54.9 Å². The van der Waals surface area contributed by atoms with Gasteiger partial charge in [0.15, 0.2) is 5.65 Å². The number of aliphatic hydroxyl groups is 1. The average Bonchev–Trinajstić information content (AvgIpc) is 3.19. The quantitative estimate of drug-likeness (QED) is 0.339. The number of nitrogen functional groups attached to an aromatic ring is 1. The molecule has 0 aliphatic carbocycles. The zero-order valence-electron chi connectivity index (χ0n) is 19.1. The predicted molar refractivity (Wildman–Crippen MR) is 131 cm³/mol. The van der Waals surface area contributed by atoms with Crippen molar-refractivity contribution in [2.24, 2.45) is 0 Å². The predicted octanol–water partition coefficient (Wildman–Crippen LogP) is 4.24. The minimum atomic E-state index is -1.28. The van der Waals surface area contributed by atoms with Crippen molar-refractivity contribution in [1.29, 1.82) is 0 Å². The van der Waals surface area contributed by atoms with Gasteiger partial charge in [0.2, 0.25) is 6.29 Å². The topological polar surface area (TPSA) is 119 Å². The van der Waals surface area contributed by atoms with Crippen molar-refractivity contribution in [2.75, 3.05) is 12.8 Å². The Kier molecular flexibility index (Phi) is 5.39. The van der Waals surface area contributed by atoms with E-state index in [1.165, 1.54) is 13.4 Å². The fraction of sp³-hybridized carbons (Fsp3) is 0.192. The molecule has 0 radical (unpaired) electrons. The number of rotatable bonds is 5. The maximum Gasteiger partial charge on any atom is 0.200 e. The first-order valence-electron chi connectivity index (χ1n) is 10.9. The van der Waals surface area contributed by atoms with Crippen molar-refractivity contribution in [1.82, 2.24) is 19.7 Å². The Balaban J connectivity index is 1.79. The summed E-state index contributed by atoms with van der Waals surface area (Å²) in [6, 6.07) is 16.0. The van der Waals surface area contributed by atoms with Gasteiger partial charge in [-0.3, -0.25) is 0 Å². The Morgan fingerprint density at radius 3 is 2.56 bits per heavy atom. The van der Waals surface area contributed by atoms with Gasteiger partial charge in [0, 0.05) is 18.1 Å². The van der Waals surface area contributed by atoms with Crippen LogP contribution in [0.2, 0.25) is 0 Å². The number of nitrogens with two attached hydrogens (primary N) is 1. The van der Waals surface area contributed by atoms with E-state index in [1.54, 1.807) is 4.68 Å². The van der Waals surface area contributed by atoms with Crippen molar-refractivity contribution in [3.63, 3.8) is 0 Å². The molecule has 0 amide bonds. The molecule has 5 rings (SSSR count). The summed E-state index contributed by atoms with van der Waals surface area (Å²) >= 11 is 0. The van der Waals surface area contributed by atoms with E-state index in [0.717, 1.165) is 38.6 Å². The Morgan fingerprint density at radius 1 is 1.03 bits per heavy atom. The smallest absolute Gasteiger partial charge is 0.200 e. The number of phenolic OH excluding ortho intramolecular Hbond substituents is 1. The SMILES string of the molecule is COC(O)c1nn(Cc2cc3cccc(C)c3c(O)c2-c2ccccc2C)c2ncnc(N)c12. The second-order valence-corrected chi connectivity index (χ2v) is 8.34. The second kappa shape index (κ2) is 8.40. The maximum atomic E-state index is 11.5. The number of aliphatic hydroxyl groups excluding tert-OH is 1. The molecule has 2 heterocycles. The van der Waals surface area contributed by atoms with Crippen LogP contribution in [0.5, 0.6) is 5.75 Å². The molecule has 8 heteroatoms. The largest absolute Gasteiger partial charge is 0.507 e. The van der Waals surface area contributed by atoms with Gasteiger partial charge < -0.3 is 20.7 Å². The highest BCUT2D eigenvalue weighted by molar-refractivity contribution is 5.99. The summed E-state index contributed by atoms with van der Waals surface area (Å²) in [6.45, 7) is 4.29. The summed E-state index contributed by atoms with van der Waals surface area (Å²) in [6.07, 6.45) is 0.0861. The molecule has 0 saturated carbocycles. The van der Waals surface area contributed by atoms with Crippen LogP contribution < -0.4 is 5.73 Å². The van der Waals surface area contributed by atoms with E-state index < -0.39 is 6.29 Å². The zero-order valence-corrected chi connectivity index (χ0v) is 19.1. The van der Waals surface area contributed by atoms with Gasteiger partial charge in [0.25, 0.3) is 0 Å². The summed E-state index contributed by atoms with van der Waals surface area (Å²) in [4.78, 5) is 8.43. The Labute approximate surface area is 196 Å². The number of fused-ring (bicyclic) bond motifs is 2. The van der Waals surface area contributed by atoms with Gasteiger partial charge in [0.1, 0.15) is 23.6 Å². The van der Waals surface area contributed by atoms with Gasteiger partial charge in [-0.05, 0) is 47.6 Å². The number of aromatic nitrogens is 4. The van der Waals surface area contributed by atoms with Gasteiger partial charge >= 0.3 is 0 Å². The molecule has 34 heavy (non-hydrogen) atoms. The monoisotopic (exact) mass is 455 g/mol. The Bertz CT molecular complexity index is 1540. The van der Waals surface area contributed by atoms with Gasteiger partial charge in [-0.2, -0.15) is 5.10 Å². The lowest BCUT2D eigenvalue weighted by molar-refractivity contribution is -0.0792. The minimum absolute atomic E-state index is 0.207. The number of aromatic hydroxyl groups is 1. The summed E-state index contributed by atoms with van der Waals surface area (Å²) in [5.41, 5.74) is 11.4. The average molecular weight is 456 g/mol. The van der Waals surface area contributed by atoms with Gasteiger partial charge in [-0.25, -0.2) is 14.6 Å². The number of hydrogen-bond acceptors (Lipinski definition) is 7. The number of aryl methyl sites for hydroxylation is 2. The Hall–Kier alpha value is -4.01. The van der Waals surface area contributed by atoms with Crippen LogP contribution in [0.1, 0.15) is 28.7 Å². The van der Waals surface area contributed by atoms with Crippen LogP contribution in [0.4, 0.5) is 5.82 Å². The third-order valence-corrected chi connectivity index (χ3v) is 6.21. The summed E-state index contributed by atoms with van der Waals surface area (Å²) < 4.78 is 6.75. The van der Waals surface area contributed by atoms with E-state index in [2.05, 4.69) is 21.1 Å². The highest BCUT2D eigenvalue weighted by Crippen LogP contribution is 2.42. The van der Waals surface area contributed by atoms with Crippen LogP contribution >= 0.6 is 0 Å². The molecular weight excluding hydrogens is 430 g/mol. The van der Waals surface area contributed by atoms with Crippen molar-refractivity contribution in [2.45, 2.75) is 26.7 Å². The maximum absolute atomic E-state index is 11.5. The van der Waals surface area contributed by atoms with E-state index in [9.17, 15) is 10.2 Å². The van der Waals surface area contributed by atoms with Gasteiger partial charge in [-0.1, -0.05) is 42.5 Å². The fourth-order valence-electron chi connectivity index (χ4n) is 4.56. The number of methoxy groups -OCH3 is 1. The molecule has 0 saturated heterocycles. The van der Waals surface area contributed by atoms with E-state index in [0.29, 0.717) is 11.0 Å². The lowest BCUT2D eigenvalue weighted by Gasteiger charge is -2.18. The molecule has 4 N–H and O–H groups in total. The molecule has 5 aromatic rings. The molecule has 1 atom stereocenters. The Morgan fingerprint density at radius 2 is 1.79 bits per heavy atom. The lowest BCUT2D eigenvalue weighted by atomic mass is 9.90. The highest BCUT2D eigenvalue weighted by atomic mass is 16.6. The normalized spacial score (nSPS) is 12.5. The molecule has 0 aliphatic heterocycles. The van der Waals surface area contributed by atoms with Crippen LogP contribution in [-0.2, 0) is 11.3 Å². The fourth-order valence-corrected chi connectivity index (χ4v) is 4.56. The van der Waals surface area contributed by atoms with Crippen LogP contribution in [0, 0.1) is 13.8 Å². The van der Waals surface area contributed by atoms with Gasteiger partial charge in [-0.15, -0.1) is 0 Å². The third-order valence-electron chi connectivity index (χ3n) is 6.21. The number of phenols is 1. The molecule has 3 aromatic carbocycles. The number of nitrogens with zero attached hydrogens (tertiary/aromatic N) is 4. The molecule has 172 valence electrons. The number of hydrogen-bond donors (Lipinski definition) is 3. The molecule has 2 aromatic heterocycles. The van der Waals surface area contributed by atoms with Crippen LogP contribution in [-0.4, -0.2) is 37.1 Å². The molecule has 8 nitrogen and oxygen atoms in total. The molecule has 0 aliphatic rings. The van der Waals surface area contributed by atoms with Crippen molar-refractivity contribution in [3.8, 4) is 16.9 Å². The number of ether oxygens (including phenoxy) is 1. The number of anilines is 1. The van der Waals surface area contributed by atoms with Crippen LogP contribution in [0.25, 0.3) is 32.9 Å². The molecular formula is C26H25N5O3. The standard InChI is InChI=1S/C26H25N5O3/c1-14-7-4-5-10-18(14)20-17(11-16-9-6-8-15(2)19(16)23(20)32)12-31-25-21(24(27)28-13-29-25)22(30-31)26(33)34-3/h4-11,13,26,32-33H,12H2,1-3H3,(H2,27,28,29). The van der Waals surface area contributed by atoms with Crippen molar-refractivity contribution in [3.05, 3.63) is 77.2 Å². The first-order valence-corrected chi connectivity index (χ1v) is 10.9. The summed E-state index contributed by atoms with van der Waals surface area (Å²) in [7, 11) is 1.38. The molecule has 0 fully saturated rings. The second-order valence-electron chi connectivity index (χ2n) is 8.34. The first-order chi connectivity index (χ1) is 16.4. The molecule has 0 bridgehead atoms. The van der Waals surface area contributed by atoms with E-state index >= 15 is 0 Å². The molecule has 1 unspecified atom stereocenters. The van der Waals surface area contributed by atoms with Crippen molar-refractivity contribution < 1.29 is 14.9 Å². The van der Waals surface area contributed by atoms with E-state index in [4.69, 9.17) is 10.5 Å². The first kappa shape index (κ1) is 21.8. The summed E-state index contributed by atoms with van der Waals surface area (Å²) in [5.74, 6) is 0.432. The minimum Gasteiger partial charge on any atom is -0.507 e.